The van der Waals surface area contributed by atoms with Crippen molar-refractivity contribution >= 4 is 19.3 Å². The quantitative estimate of drug-likeness (QED) is 0.600. The second-order valence-electron chi connectivity index (χ2n) is 3.49. The zero-order chi connectivity index (χ0) is 11.8. The molecule has 0 aliphatic carbocycles. The summed E-state index contributed by atoms with van der Waals surface area (Å²) in [5.74, 6) is 0.681. The van der Waals surface area contributed by atoms with Crippen molar-refractivity contribution in [2.45, 2.75) is 20.3 Å². The lowest BCUT2D eigenvalue weighted by atomic mass is 10.3. The van der Waals surface area contributed by atoms with E-state index in [1.54, 1.807) is 18.3 Å². The van der Waals surface area contributed by atoms with Gasteiger partial charge in [-0.15, -0.1) is 0 Å². The standard InChI is InChI=1S/C12H18N2O2.H2S.H2/c1-3-13-7-4-8-16-11-5-6-12(10(2)15)14-9-11;;/h5-6,9,13H,3-4,7-8H2,1-2H3;1H2;1H. The number of hydrogen-bond acceptors (Lipinski definition) is 4. The summed E-state index contributed by atoms with van der Waals surface area (Å²) in [7, 11) is 0. The minimum absolute atomic E-state index is 0. The van der Waals surface area contributed by atoms with Gasteiger partial charge in [0.1, 0.15) is 11.4 Å². The largest absolute Gasteiger partial charge is 0.492 e. The highest BCUT2D eigenvalue weighted by Crippen LogP contribution is 2.09. The van der Waals surface area contributed by atoms with E-state index in [2.05, 4.69) is 17.2 Å². The van der Waals surface area contributed by atoms with Gasteiger partial charge in [0.25, 0.3) is 0 Å². The van der Waals surface area contributed by atoms with Crippen LogP contribution in [-0.2, 0) is 0 Å². The molecule has 0 atom stereocenters. The number of nitrogens with one attached hydrogen (secondary N) is 1. The Labute approximate surface area is 111 Å². The zero-order valence-corrected chi connectivity index (χ0v) is 11.3. The first kappa shape index (κ1) is 15.9. The number of ketones is 1. The van der Waals surface area contributed by atoms with Crippen LogP contribution in [0.3, 0.4) is 0 Å². The number of hydrogen-bond donors (Lipinski definition) is 1. The zero-order valence-electron chi connectivity index (χ0n) is 10.3. The van der Waals surface area contributed by atoms with Crippen molar-refractivity contribution in [3.05, 3.63) is 24.0 Å². The van der Waals surface area contributed by atoms with Crippen LogP contribution in [0.5, 0.6) is 5.75 Å². The van der Waals surface area contributed by atoms with E-state index in [0.29, 0.717) is 18.1 Å². The van der Waals surface area contributed by atoms with Crippen molar-refractivity contribution in [3.8, 4) is 5.75 Å². The summed E-state index contributed by atoms with van der Waals surface area (Å²) in [4.78, 5) is 15.0. The normalized spacial score (nSPS) is 9.53. The molecule has 98 valence electrons. The van der Waals surface area contributed by atoms with Crippen LogP contribution in [0.4, 0.5) is 0 Å². The summed E-state index contributed by atoms with van der Waals surface area (Å²) >= 11 is 0. The van der Waals surface area contributed by atoms with Gasteiger partial charge in [0, 0.05) is 8.35 Å². The second kappa shape index (κ2) is 9.01. The van der Waals surface area contributed by atoms with Crippen LogP contribution in [0, 0.1) is 0 Å². The second-order valence-corrected chi connectivity index (χ2v) is 3.49. The fourth-order valence-corrected chi connectivity index (χ4v) is 1.24. The summed E-state index contributed by atoms with van der Waals surface area (Å²) < 4.78 is 5.47. The Morgan fingerprint density at radius 2 is 2.29 bits per heavy atom. The lowest BCUT2D eigenvalue weighted by Crippen LogP contribution is -2.16. The van der Waals surface area contributed by atoms with E-state index in [-0.39, 0.29) is 20.7 Å². The van der Waals surface area contributed by atoms with Crippen LogP contribution in [-0.4, -0.2) is 30.5 Å². The average Bonchev–Trinajstić information content (AvgIpc) is 2.29. The van der Waals surface area contributed by atoms with Gasteiger partial charge in [0.15, 0.2) is 5.78 Å². The molecule has 0 saturated carbocycles. The Bertz CT molecular complexity index is 333. The first-order chi connectivity index (χ1) is 7.74. The molecule has 0 aliphatic rings. The molecule has 17 heavy (non-hydrogen) atoms. The van der Waals surface area contributed by atoms with Crippen molar-refractivity contribution in [1.82, 2.24) is 10.3 Å². The molecule has 0 bridgehead atoms. The number of pyridine rings is 1. The lowest BCUT2D eigenvalue weighted by Gasteiger charge is -2.06. The van der Waals surface area contributed by atoms with Crippen molar-refractivity contribution in [3.63, 3.8) is 0 Å². The molecule has 1 rings (SSSR count). The molecular formula is C12H22N2O2S. The Balaban J connectivity index is 0. The molecule has 0 aromatic carbocycles. The SMILES string of the molecule is CCNCCCOc1ccc(C(C)=O)nc1.S.[HH]. The smallest absolute Gasteiger partial charge is 0.178 e. The molecule has 1 aromatic rings. The lowest BCUT2D eigenvalue weighted by molar-refractivity contribution is 0.101. The first-order valence-corrected chi connectivity index (χ1v) is 5.54. The molecule has 0 saturated heterocycles. The molecule has 4 nitrogen and oxygen atoms in total. The third kappa shape index (κ3) is 6.28. The minimum Gasteiger partial charge on any atom is -0.492 e. The van der Waals surface area contributed by atoms with Gasteiger partial charge in [-0.3, -0.25) is 4.79 Å². The number of rotatable bonds is 7. The molecule has 1 N–H and O–H groups in total. The number of carbonyl (C=O) groups excluding carboxylic acids is 1. The van der Waals surface area contributed by atoms with E-state index < -0.39 is 0 Å². The average molecular weight is 258 g/mol. The third-order valence-corrected chi connectivity index (χ3v) is 2.11. The fraction of sp³-hybridized carbons (Fsp3) is 0.500. The van der Waals surface area contributed by atoms with Crippen LogP contribution in [0.2, 0.25) is 0 Å². The number of aromatic nitrogens is 1. The van der Waals surface area contributed by atoms with Crippen molar-refractivity contribution in [2.24, 2.45) is 0 Å². The van der Waals surface area contributed by atoms with Crippen LogP contribution >= 0.6 is 13.5 Å². The van der Waals surface area contributed by atoms with E-state index in [1.807, 2.05) is 0 Å². The third-order valence-electron chi connectivity index (χ3n) is 2.11. The van der Waals surface area contributed by atoms with E-state index in [1.165, 1.54) is 6.92 Å². The number of ether oxygens (including phenoxy) is 1. The van der Waals surface area contributed by atoms with Gasteiger partial charge < -0.3 is 10.1 Å². The number of carbonyl (C=O) groups is 1. The molecule has 1 aromatic heterocycles. The van der Waals surface area contributed by atoms with Crippen LogP contribution < -0.4 is 10.1 Å². The van der Waals surface area contributed by atoms with Crippen molar-refractivity contribution in [2.75, 3.05) is 19.7 Å². The Morgan fingerprint density at radius 1 is 1.53 bits per heavy atom. The Kier molecular flexibility index (Phi) is 8.44. The number of Topliss-reactive ketones (excluding diaryl/α,β-unsaturated/α-hetero) is 1. The molecule has 0 amide bonds. The number of nitrogens with zero attached hydrogens (tertiary/aromatic N) is 1. The molecule has 5 heteroatoms. The van der Waals surface area contributed by atoms with Crippen LogP contribution in [0.15, 0.2) is 18.3 Å². The first-order valence-electron chi connectivity index (χ1n) is 5.54. The topological polar surface area (TPSA) is 51.2 Å². The predicted octanol–water partition coefficient (Wildman–Crippen LogP) is 2.02. The summed E-state index contributed by atoms with van der Waals surface area (Å²) in [6, 6.07) is 3.46. The van der Waals surface area contributed by atoms with Gasteiger partial charge in [-0.05, 0) is 31.6 Å². The molecular weight excluding hydrogens is 236 g/mol. The van der Waals surface area contributed by atoms with Gasteiger partial charge in [-0.1, -0.05) is 6.92 Å². The molecule has 0 unspecified atom stereocenters. The predicted molar refractivity (Wildman–Crippen MR) is 75.4 cm³/mol. The van der Waals surface area contributed by atoms with Crippen molar-refractivity contribution < 1.29 is 11.0 Å². The van der Waals surface area contributed by atoms with E-state index in [4.69, 9.17) is 4.74 Å². The van der Waals surface area contributed by atoms with E-state index in [9.17, 15) is 4.79 Å². The van der Waals surface area contributed by atoms with Gasteiger partial charge in [0.2, 0.25) is 0 Å². The highest BCUT2D eigenvalue weighted by molar-refractivity contribution is 7.59. The molecule has 0 aliphatic heterocycles. The molecule has 0 radical (unpaired) electrons. The van der Waals surface area contributed by atoms with Crippen molar-refractivity contribution in [1.29, 1.82) is 0 Å². The van der Waals surface area contributed by atoms with Gasteiger partial charge in [-0.2, -0.15) is 13.5 Å². The van der Waals surface area contributed by atoms with Gasteiger partial charge >= 0.3 is 0 Å². The maximum atomic E-state index is 11.0. The minimum atomic E-state index is -0.0290. The maximum absolute atomic E-state index is 11.0. The van der Waals surface area contributed by atoms with Gasteiger partial charge in [-0.25, -0.2) is 4.98 Å². The molecule has 1 heterocycles. The summed E-state index contributed by atoms with van der Waals surface area (Å²) in [6.45, 7) is 6.17. The van der Waals surface area contributed by atoms with Crippen LogP contribution in [0.25, 0.3) is 0 Å². The highest BCUT2D eigenvalue weighted by Gasteiger charge is 2.00. The fourth-order valence-electron chi connectivity index (χ4n) is 1.24. The maximum Gasteiger partial charge on any atom is 0.178 e. The summed E-state index contributed by atoms with van der Waals surface area (Å²) in [5.41, 5.74) is 0.472. The summed E-state index contributed by atoms with van der Waals surface area (Å²) in [6.07, 6.45) is 2.55. The molecule has 0 fully saturated rings. The van der Waals surface area contributed by atoms with E-state index >= 15 is 0 Å². The van der Waals surface area contributed by atoms with Gasteiger partial charge in [0.05, 0.1) is 12.8 Å². The highest BCUT2D eigenvalue weighted by atomic mass is 32.1. The Hall–Kier alpha value is -1.07. The Morgan fingerprint density at radius 3 is 2.82 bits per heavy atom. The monoisotopic (exact) mass is 258 g/mol. The van der Waals surface area contributed by atoms with E-state index in [0.717, 1.165) is 19.5 Å². The van der Waals surface area contributed by atoms with Crippen LogP contribution in [0.1, 0.15) is 32.2 Å². The summed E-state index contributed by atoms with van der Waals surface area (Å²) in [5, 5.41) is 3.22. The molecule has 0 spiro atoms.